The number of benzene rings is 8. The second-order valence-electron chi connectivity index (χ2n) is 17.2. The van der Waals surface area contributed by atoms with Crippen LogP contribution in [-0.2, 0) is 0 Å². The smallest absolute Gasteiger partial charge is 0.238 e. The lowest BCUT2D eigenvalue weighted by molar-refractivity contribution is 0.953. The van der Waals surface area contributed by atoms with Gasteiger partial charge in [0.2, 0.25) is 5.95 Å². The molecule has 12 aromatic rings. The molecule has 320 valence electrons. The van der Waals surface area contributed by atoms with E-state index in [1.54, 1.807) is 0 Å². The molecule has 8 aromatic carbocycles. The van der Waals surface area contributed by atoms with E-state index < -0.39 is 0 Å². The number of allylic oxidation sites excluding steroid dienone is 4. The molecular formula is C61H41N7. The van der Waals surface area contributed by atoms with E-state index in [2.05, 4.69) is 167 Å². The Morgan fingerprint density at radius 2 is 0.853 bits per heavy atom. The minimum Gasteiger partial charge on any atom is -0.309 e. The molecule has 0 atom stereocenters. The van der Waals surface area contributed by atoms with Crippen molar-refractivity contribution in [3.05, 3.63) is 230 Å². The molecule has 0 radical (unpaired) electrons. The Kier molecular flexibility index (Phi) is 9.49. The first-order valence-corrected chi connectivity index (χ1v) is 23.1. The van der Waals surface area contributed by atoms with Crippen LogP contribution < -0.4 is 0 Å². The van der Waals surface area contributed by atoms with Gasteiger partial charge in [-0.3, -0.25) is 4.57 Å². The fourth-order valence-electron chi connectivity index (χ4n) is 9.86. The summed E-state index contributed by atoms with van der Waals surface area (Å²) in [6.45, 7) is 0. The first kappa shape index (κ1) is 39.3. The highest BCUT2D eigenvalue weighted by molar-refractivity contribution is 6.28. The molecule has 7 heteroatoms. The molecule has 0 saturated carbocycles. The summed E-state index contributed by atoms with van der Waals surface area (Å²) in [7, 11) is 0. The van der Waals surface area contributed by atoms with Gasteiger partial charge >= 0.3 is 0 Å². The van der Waals surface area contributed by atoms with Crippen LogP contribution in [0.1, 0.15) is 18.4 Å². The van der Waals surface area contributed by atoms with E-state index in [4.69, 9.17) is 24.9 Å². The van der Waals surface area contributed by atoms with Gasteiger partial charge in [0, 0.05) is 55.0 Å². The number of aromatic nitrogens is 7. The minimum absolute atomic E-state index is 0.562. The molecule has 0 amide bonds. The van der Waals surface area contributed by atoms with Gasteiger partial charge in [-0.1, -0.05) is 176 Å². The topological polar surface area (TPSA) is 74.3 Å². The maximum absolute atomic E-state index is 5.31. The first-order valence-electron chi connectivity index (χ1n) is 23.1. The number of nitrogens with zero attached hydrogens (tertiary/aromatic N) is 7. The van der Waals surface area contributed by atoms with E-state index in [1.165, 1.54) is 11.1 Å². The van der Waals surface area contributed by atoms with Crippen molar-refractivity contribution < 1.29 is 0 Å². The highest BCUT2D eigenvalue weighted by atomic mass is 15.2. The van der Waals surface area contributed by atoms with Gasteiger partial charge in [-0.05, 0) is 72.5 Å². The normalized spacial score (nSPS) is 12.6. The summed E-state index contributed by atoms with van der Waals surface area (Å²) in [5.41, 5.74) is 14.3. The predicted octanol–water partition coefficient (Wildman–Crippen LogP) is 14.9. The van der Waals surface area contributed by atoms with Crippen LogP contribution in [0.25, 0.3) is 117 Å². The molecule has 1 aliphatic carbocycles. The maximum atomic E-state index is 5.31. The van der Waals surface area contributed by atoms with Gasteiger partial charge in [-0.15, -0.1) is 0 Å². The Hall–Kier alpha value is -9.07. The van der Waals surface area contributed by atoms with Crippen molar-refractivity contribution >= 4 is 49.2 Å². The molecule has 4 aromatic heterocycles. The van der Waals surface area contributed by atoms with Crippen LogP contribution in [-0.4, -0.2) is 34.1 Å². The minimum atomic E-state index is 0.562. The van der Waals surface area contributed by atoms with Crippen molar-refractivity contribution in [2.45, 2.75) is 12.8 Å². The lowest BCUT2D eigenvalue weighted by Gasteiger charge is -2.13. The van der Waals surface area contributed by atoms with Crippen LogP contribution in [0.15, 0.2) is 224 Å². The fourth-order valence-corrected chi connectivity index (χ4v) is 9.86. The third kappa shape index (κ3) is 6.79. The summed E-state index contributed by atoms with van der Waals surface area (Å²) in [4.78, 5) is 26.0. The van der Waals surface area contributed by atoms with E-state index in [0.29, 0.717) is 23.4 Å². The zero-order valence-electron chi connectivity index (χ0n) is 36.9. The quantitative estimate of drug-likeness (QED) is 0.152. The van der Waals surface area contributed by atoms with Crippen molar-refractivity contribution in [3.8, 4) is 68.3 Å². The number of fused-ring (bicyclic) bond motifs is 7. The van der Waals surface area contributed by atoms with Crippen molar-refractivity contribution in [2.24, 2.45) is 0 Å². The molecule has 0 spiro atoms. The lowest BCUT2D eigenvalue weighted by Crippen LogP contribution is -2.06. The van der Waals surface area contributed by atoms with Crippen molar-refractivity contribution in [3.63, 3.8) is 0 Å². The molecule has 0 unspecified atom stereocenters. The monoisotopic (exact) mass is 871 g/mol. The molecule has 1 aliphatic rings. The second-order valence-corrected chi connectivity index (χ2v) is 17.2. The van der Waals surface area contributed by atoms with E-state index in [0.717, 1.165) is 101 Å². The highest BCUT2D eigenvalue weighted by Crippen LogP contribution is 2.43. The van der Waals surface area contributed by atoms with Crippen LogP contribution >= 0.6 is 0 Å². The predicted molar refractivity (Wildman–Crippen MR) is 278 cm³/mol. The van der Waals surface area contributed by atoms with Gasteiger partial charge in [-0.2, -0.15) is 9.97 Å². The molecule has 0 aliphatic heterocycles. The highest BCUT2D eigenvalue weighted by Gasteiger charge is 2.23. The zero-order chi connectivity index (χ0) is 45.0. The summed E-state index contributed by atoms with van der Waals surface area (Å²) < 4.78 is 4.57. The number of para-hydroxylation sites is 2. The summed E-state index contributed by atoms with van der Waals surface area (Å²) in [5.74, 6) is 2.46. The molecule has 4 heterocycles. The van der Waals surface area contributed by atoms with Crippen LogP contribution in [0.5, 0.6) is 0 Å². The summed E-state index contributed by atoms with van der Waals surface area (Å²) >= 11 is 0. The number of rotatable bonds is 8. The zero-order valence-corrected chi connectivity index (χ0v) is 36.9. The molecule has 0 N–H and O–H groups in total. The molecule has 0 fully saturated rings. The fraction of sp³-hybridized carbons (Fsp3) is 0.0328. The Labute approximate surface area is 392 Å². The van der Waals surface area contributed by atoms with E-state index >= 15 is 0 Å². The van der Waals surface area contributed by atoms with Gasteiger partial charge in [0.15, 0.2) is 17.5 Å². The first-order chi connectivity index (χ1) is 33.7. The molecule has 68 heavy (non-hydrogen) atoms. The summed E-state index contributed by atoms with van der Waals surface area (Å²) in [6, 6.07) is 71.9. The number of hydrogen-bond donors (Lipinski definition) is 0. The van der Waals surface area contributed by atoms with E-state index in [9.17, 15) is 0 Å². The van der Waals surface area contributed by atoms with Gasteiger partial charge in [0.25, 0.3) is 0 Å². The van der Waals surface area contributed by atoms with E-state index in [1.807, 2.05) is 66.7 Å². The second kappa shape index (κ2) is 16.4. The van der Waals surface area contributed by atoms with Crippen LogP contribution in [0.4, 0.5) is 0 Å². The average molecular weight is 872 g/mol. The summed E-state index contributed by atoms with van der Waals surface area (Å²) in [5, 5.41) is 4.56. The van der Waals surface area contributed by atoms with E-state index in [-0.39, 0.29) is 0 Å². The standard InChI is InChI=1S/C61H41N7/c1-5-19-40(20-6-1)44-27-17-28-45(37-44)51-39-50(41-21-7-2-8-22-41)62-60(63-51)46-29-18-30-47(38-46)67-52-33-15-13-31-48(52)56-54(67)35-36-55-57(56)49-32-14-16-34-53(49)68(55)61-65-58(42-23-9-3-10-24-42)64-59(66-61)43-25-11-4-12-26-43/h2-5,7-39H,1,6H2. The average Bonchev–Trinajstić information content (AvgIpc) is 3.95. The Bertz CT molecular complexity index is 3900. The SMILES string of the molecule is C1=CC(c2cccc(-c3cc(-c4ccccc4)nc(-c4cccc(-n5c6ccccc6c6c7c8ccccc8n(-c8nc(-c9ccccc9)nc(-c9ccccc9)n8)c7ccc65)c4)n3)c2)=CCC1. The largest absolute Gasteiger partial charge is 0.309 e. The Morgan fingerprint density at radius 3 is 1.50 bits per heavy atom. The third-order valence-corrected chi connectivity index (χ3v) is 13.0. The molecular weight excluding hydrogens is 831 g/mol. The Balaban J connectivity index is 1.00. The molecule has 0 bridgehead atoms. The number of hydrogen-bond acceptors (Lipinski definition) is 5. The maximum Gasteiger partial charge on any atom is 0.238 e. The molecule has 13 rings (SSSR count). The van der Waals surface area contributed by atoms with Gasteiger partial charge in [0.1, 0.15) is 0 Å². The van der Waals surface area contributed by atoms with Crippen LogP contribution in [0, 0.1) is 0 Å². The van der Waals surface area contributed by atoms with Crippen LogP contribution in [0.2, 0.25) is 0 Å². The third-order valence-electron chi connectivity index (χ3n) is 13.0. The van der Waals surface area contributed by atoms with Crippen LogP contribution in [0.3, 0.4) is 0 Å². The van der Waals surface area contributed by atoms with Gasteiger partial charge in [0.05, 0.1) is 33.5 Å². The summed E-state index contributed by atoms with van der Waals surface area (Å²) in [6.07, 6.45) is 8.93. The van der Waals surface area contributed by atoms with Crippen molar-refractivity contribution in [2.75, 3.05) is 0 Å². The van der Waals surface area contributed by atoms with Gasteiger partial charge < -0.3 is 4.57 Å². The van der Waals surface area contributed by atoms with Crippen molar-refractivity contribution in [1.29, 1.82) is 0 Å². The van der Waals surface area contributed by atoms with Crippen molar-refractivity contribution in [1.82, 2.24) is 34.1 Å². The van der Waals surface area contributed by atoms with Gasteiger partial charge in [-0.25, -0.2) is 15.0 Å². The Morgan fingerprint density at radius 1 is 0.338 bits per heavy atom. The molecule has 7 nitrogen and oxygen atoms in total. The lowest BCUT2D eigenvalue weighted by atomic mass is 9.97. The molecule has 0 saturated heterocycles.